The summed E-state index contributed by atoms with van der Waals surface area (Å²) in [5.41, 5.74) is 3.25. The quantitative estimate of drug-likeness (QED) is 0.387. The smallest absolute Gasteiger partial charge is 0.253 e. The third kappa shape index (κ3) is 7.96. The van der Waals surface area contributed by atoms with Crippen molar-refractivity contribution in [2.24, 2.45) is 4.99 Å². The number of aliphatic imine (C=N–C) groups is 1. The lowest BCUT2D eigenvalue weighted by molar-refractivity contribution is 0.0827. The van der Waals surface area contributed by atoms with E-state index in [9.17, 15) is 4.79 Å². The highest BCUT2D eigenvalue weighted by Crippen LogP contribution is 2.24. The van der Waals surface area contributed by atoms with Crippen molar-refractivity contribution in [1.82, 2.24) is 15.5 Å². The molecule has 2 aromatic carbocycles. The van der Waals surface area contributed by atoms with Crippen LogP contribution < -0.4 is 15.4 Å². The molecule has 0 aliphatic heterocycles. The van der Waals surface area contributed by atoms with Crippen molar-refractivity contribution >= 4 is 11.9 Å². The van der Waals surface area contributed by atoms with E-state index in [0.717, 1.165) is 23.7 Å². The van der Waals surface area contributed by atoms with Crippen LogP contribution in [0.15, 0.2) is 53.5 Å². The van der Waals surface area contributed by atoms with Gasteiger partial charge in [0.05, 0.1) is 6.54 Å². The third-order valence-corrected chi connectivity index (χ3v) is 4.89. The maximum absolute atomic E-state index is 12.1. The van der Waals surface area contributed by atoms with E-state index >= 15 is 0 Å². The van der Waals surface area contributed by atoms with Gasteiger partial charge >= 0.3 is 0 Å². The molecule has 0 unspecified atom stereocenters. The van der Waals surface area contributed by atoms with Gasteiger partial charge in [-0.1, -0.05) is 45.0 Å². The van der Waals surface area contributed by atoms with Crippen LogP contribution in [0.2, 0.25) is 0 Å². The van der Waals surface area contributed by atoms with Gasteiger partial charge in [-0.3, -0.25) is 9.79 Å². The molecule has 0 bridgehead atoms. The normalized spacial score (nSPS) is 11.7. The Bertz CT molecular complexity index is 868. The van der Waals surface area contributed by atoms with Crippen molar-refractivity contribution in [2.75, 3.05) is 40.8 Å². The van der Waals surface area contributed by atoms with Gasteiger partial charge in [0.25, 0.3) is 5.91 Å². The third-order valence-electron chi connectivity index (χ3n) is 4.89. The lowest BCUT2D eigenvalue weighted by Gasteiger charge is -2.19. The van der Waals surface area contributed by atoms with Crippen LogP contribution in [0.4, 0.5) is 0 Å². The second kappa shape index (κ2) is 11.4. The van der Waals surface area contributed by atoms with Crippen molar-refractivity contribution in [3.8, 4) is 5.75 Å². The van der Waals surface area contributed by atoms with E-state index in [1.54, 1.807) is 26.0 Å². The SMILES string of the molecule is CN=C(NCCOc1ccc(C(C)(C)C)cc1)NCCc1cccc(C(=O)N(C)C)c1. The van der Waals surface area contributed by atoms with E-state index < -0.39 is 0 Å². The molecule has 0 atom stereocenters. The Morgan fingerprint density at radius 1 is 1.03 bits per heavy atom. The first-order chi connectivity index (χ1) is 14.7. The Hall–Kier alpha value is -3.02. The lowest BCUT2D eigenvalue weighted by atomic mass is 9.87. The highest BCUT2D eigenvalue weighted by atomic mass is 16.5. The standard InChI is InChI=1S/C25H36N4O2/c1-25(2,3)21-10-12-22(13-11-21)31-17-16-28-24(26-4)27-15-14-19-8-7-9-20(18-19)23(30)29(5)6/h7-13,18H,14-17H2,1-6H3,(H2,26,27,28). The number of nitrogens with zero attached hydrogens (tertiary/aromatic N) is 2. The van der Waals surface area contributed by atoms with Gasteiger partial charge in [-0.15, -0.1) is 0 Å². The Morgan fingerprint density at radius 2 is 1.71 bits per heavy atom. The van der Waals surface area contributed by atoms with Crippen LogP contribution in [0.25, 0.3) is 0 Å². The number of carbonyl (C=O) groups excluding carboxylic acids is 1. The van der Waals surface area contributed by atoms with Gasteiger partial charge < -0.3 is 20.3 Å². The van der Waals surface area contributed by atoms with E-state index in [0.29, 0.717) is 25.3 Å². The van der Waals surface area contributed by atoms with E-state index in [1.165, 1.54) is 5.56 Å². The van der Waals surface area contributed by atoms with Crippen LogP contribution in [-0.4, -0.2) is 57.6 Å². The molecule has 0 heterocycles. The Labute approximate surface area is 186 Å². The molecule has 168 valence electrons. The van der Waals surface area contributed by atoms with Gasteiger partial charge in [0.2, 0.25) is 0 Å². The predicted molar refractivity (Wildman–Crippen MR) is 128 cm³/mol. The Morgan fingerprint density at radius 3 is 2.32 bits per heavy atom. The second-order valence-corrected chi connectivity index (χ2v) is 8.70. The number of ether oxygens (including phenoxy) is 1. The largest absolute Gasteiger partial charge is 0.492 e. The molecule has 31 heavy (non-hydrogen) atoms. The molecular formula is C25H36N4O2. The minimum Gasteiger partial charge on any atom is -0.492 e. The monoisotopic (exact) mass is 424 g/mol. The summed E-state index contributed by atoms with van der Waals surface area (Å²) in [7, 11) is 5.27. The molecule has 0 saturated heterocycles. The van der Waals surface area contributed by atoms with Gasteiger partial charge in [0.1, 0.15) is 12.4 Å². The van der Waals surface area contributed by atoms with Crippen LogP contribution in [0.5, 0.6) is 5.75 Å². The summed E-state index contributed by atoms with van der Waals surface area (Å²) in [6.07, 6.45) is 0.797. The molecule has 1 amide bonds. The summed E-state index contributed by atoms with van der Waals surface area (Å²) in [4.78, 5) is 17.9. The average Bonchev–Trinajstić information content (AvgIpc) is 2.74. The Balaban J connectivity index is 1.72. The van der Waals surface area contributed by atoms with Crippen LogP contribution in [0, 0.1) is 0 Å². The van der Waals surface area contributed by atoms with Crippen LogP contribution in [0.3, 0.4) is 0 Å². The maximum atomic E-state index is 12.1. The van der Waals surface area contributed by atoms with Crippen molar-refractivity contribution in [1.29, 1.82) is 0 Å². The maximum Gasteiger partial charge on any atom is 0.253 e. The van der Waals surface area contributed by atoms with Crippen LogP contribution >= 0.6 is 0 Å². The molecule has 2 N–H and O–H groups in total. The van der Waals surface area contributed by atoms with Gasteiger partial charge in [0, 0.05) is 33.3 Å². The highest BCUT2D eigenvalue weighted by molar-refractivity contribution is 5.94. The number of benzene rings is 2. The molecule has 0 aliphatic carbocycles. The number of hydrogen-bond acceptors (Lipinski definition) is 3. The lowest BCUT2D eigenvalue weighted by Crippen LogP contribution is -2.40. The van der Waals surface area contributed by atoms with E-state index in [2.05, 4.69) is 48.5 Å². The zero-order valence-corrected chi connectivity index (χ0v) is 19.7. The fraction of sp³-hybridized carbons (Fsp3) is 0.440. The molecule has 0 saturated carbocycles. The summed E-state index contributed by atoms with van der Waals surface area (Å²) in [5, 5.41) is 6.56. The van der Waals surface area contributed by atoms with E-state index in [-0.39, 0.29) is 11.3 Å². The first-order valence-electron chi connectivity index (χ1n) is 10.7. The molecule has 2 aromatic rings. The number of hydrogen-bond donors (Lipinski definition) is 2. The summed E-state index contributed by atoms with van der Waals surface area (Å²) in [6.45, 7) is 8.51. The van der Waals surface area contributed by atoms with Crippen LogP contribution in [-0.2, 0) is 11.8 Å². The molecule has 0 radical (unpaired) electrons. The number of carbonyl (C=O) groups is 1. The van der Waals surface area contributed by atoms with Gasteiger partial charge in [-0.05, 0) is 47.2 Å². The number of nitrogens with one attached hydrogen (secondary N) is 2. The zero-order chi connectivity index (χ0) is 22.9. The molecule has 0 fully saturated rings. The first kappa shape index (κ1) is 24.3. The van der Waals surface area contributed by atoms with E-state index in [4.69, 9.17) is 4.74 Å². The minimum atomic E-state index is 0.0142. The van der Waals surface area contributed by atoms with Crippen molar-refractivity contribution in [3.63, 3.8) is 0 Å². The minimum absolute atomic E-state index is 0.0142. The highest BCUT2D eigenvalue weighted by Gasteiger charge is 2.13. The number of amides is 1. The summed E-state index contributed by atoms with van der Waals surface area (Å²) < 4.78 is 5.82. The summed E-state index contributed by atoms with van der Waals surface area (Å²) in [6, 6.07) is 16.0. The van der Waals surface area contributed by atoms with Gasteiger partial charge in [-0.25, -0.2) is 0 Å². The number of guanidine groups is 1. The second-order valence-electron chi connectivity index (χ2n) is 8.70. The Kier molecular flexibility index (Phi) is 8.91. The van der Waals surface area contributed by atoms with E-state index in [1.807, 2.05) is 36.4 Å². The molecule has 6 nitrogen and oxygen atoms in total. The fourth-order valence-corrected chi connectivity index (χ4v) is 3.05. The molecule has 0 aliphatic rings. The van der Waals surface area contributed by atoms with Crippen molar-refractivity contribution in [2.45, 2.75) is 32.6 Å². The molecule has 0 spiro atoms. The predicted octanol–water partition coefficient (Wildman–Crippen LogP) is 3.47. The van der Waals surface area contributed by atoms with Gasteiger partial charge in [0.15, 0.2) is 5.96 Å². The molecule has 2 rings (SSSR count). The molecule has 0 aromatic heterocycles. The summed E-state index contributed by atoms with van der Waals surface area (Å²) >= 11 is 0. The van der Waals surface area contributed by atoms with Crippen LogP contribution in [0.1, 0.15) is 42.3 Å². The average molecular weight is 425 g/mol. The topological polar surface area (TPSA) is 66.0 Å². The zero-order valence-electron chi connectivity index (χ0n) is 19.7. The van der Waals surface area contributed by atoms with Gasteiger partial charge in [-0.2, -0.15) is 0 Å². The molecular weight excluding hydrogens is 388 g/mol. The number of rotatable bonds is 8. The first-order valence-corrected chi connectivity index (χ1v) is 10.7. The fourth-order valence-electron chi connectivity index (χ4n) is 3.05. The van der Waals surface area contributed by atoms with Crippen molar-refractivity contribution < 1.29 is 9.53 Å². The summed E-state index contributed by atoms with van der Waals surface area (Å²) in [5.74, 6) is 1.61. The molecule has 6 heteroatoms. The van der Waals surface area contributed by atoms with Crippen molar-refractivity contribution in [3.05, 3.63) is 65.2 Å².